The minimum absolute atomic E-state index is 0.0844. The van der Waals surface area contributed by atoms with Gasteiger partial charge in [0.05, 0.1) is 14.2 Å². The van der Waals surface area contributed by atoms with E-state index >= 15 is 0 Å². The number of ether oxygens (including phenoxy) is 2. The van der Waals surface area contributed by atoms with E-state index < -0.39 is 33.8 Å². The lowest BCUT2D eigenvalue weighted by Gasteiger charge is -2.09. The number of hydrogen-bond acceptors (Lipinski definition) is 6. The largest absolute Gasteiger partial charge is 0.504 e. The highest BCUT2D eigenvalue weighted by molar-refractivity contribution is 8.31. The SMILES string of the molecule is COc1ccccc1S(=O)(=O)C(=[N+]=[N-])S(=O)(=O)c1ccccc1OC. The first-order valence-electron chi connectivity index (χ1n) is 6.79. The summed E-state index contributed by atoms with van der Waals surface area (Å²) in [6, 6.07) is 10.8. The molecule has 0 saturated heterocycles. The summed E-state index contributed by atoms with van der Waals surface area (Å²) in [5, 5.41) is 0. The van der Waals surface area contributed by atoms with Crippen LogP contribution in [0.25, 0.3) is 5.53 Å². The van der Waals surface area contributed by atoms with Gasteiger partial charge >= 0.3 is 4.38 Å². The zero-order chi connectivity index (χ0) is 18.7. The highest BCUT2D eigenvalue weighted by Crippen LogP contribution is 2.30. The first-order valence-corrected chi connectivity index (χ1v) is 9.75. The Hall–Kier alpha value is -2.68. The molecule has 0 spiro atoms. The maximum atomic E-state index is 12.8. The van der Waals surface area contributed by atoms with Crippen LogP contribution in [0.2, 0.25) is 0 Å². The van der Waals surface area contributed by atoms with Crippen LogP contribution in [0.5, 0.6) is 11.5 Å². The van der Waals surface area contributed by atoms with Crippen LogP contribution in [0.1, 0.15) is 0 Å². The van der Waals surface area contributed by atoms with Gasteiger partial charge in [0.15, 0.2) is 0 Å². The molecule has 0 atom stereocenters. The van der Waals surface area contributed by atoms with Gasteiger partial charge in [-0.05, 0) is 24.3 Å². The molecular formula is C15H14N2O6S2. The fourth-order valence-electron chi connectivity index (χ4n) is 2.12. The Balaban J connectivity index is 2.73. The molecule has 0 aliphatic rings. The van der Waals surface area contributed by atoms with E-state index in [1.807, 2.05) is 0 Å². The van der Waals surface area contributed by atoms with Crippen LogP contribution in [0.3, 0.4) is 0 Å². The Bertz CT molecular complexity index is 975. The molecule has 2 aromatic carbocycles. The van der Waals surface area contributed by atoms with Crippen molar-refractivity contribution in [3.8, 4) is 11.5 Å². The molecule has 0 heterocycles. The second-order valence-electron chi connectivity index (χ2n) is 4.67. The molecule has 0 unspecified atom stereocenters. The van der Waals surface area contributed by atoms with Gasteiger partial charge in [0.1, 0.15) is 21.3 Å². The van der Waals surface area contributed by atoms with Crippen LogP contribution in [0.4, 0.5) is 0 Å². The molecule has 0 amide bonds. The molecule has 10 heteroatoms. The van der Waals surface area contributed by atoms with E-state index in [2.05, 4.69) is 4.79 Å². The third kappa shape index (κ3) is 3.27. The van der Waals surface area contributed by atoms with Crippen molar-refractivity contribution in [1.29, 1.82) is 0 Å². The van der Waals surface area contributed by atoms with Crippen LogP contribution in [-0.2, 0) is 19.7 Å². The molecule has 2 rings (SSSR count). The van der Waals surface area contributed by atoms with Crippen molar-refractivity contribution in [2.45, 2.75) is 9.79 Å². The minimum Gasteiger partial charge on any atom is -0.495 e. The Labute approximate surface area is 145 Å². The van der Waals surface area contributed by atoms with Gasteiger partial charge in [-0.1, -0.05) is 24.3 Å². The van der Waals surface area contributed by atoms with Crippen molar-refractivity contribution in [1.82, 2.24) is 0 Å². The smallest absolute Gasteiger partial charge is 0.495 e. The van der Waals surface area contributed by atoms with Crippen LogP contribution >= 0.6 is 0 Å². The summed E-state index contributed by atoms with van der Waals surface area (Å²) < 4.78 is 59.6. The van der Waals surface area contributed by atoms with E-state index in [4.69, 9.17) is 9.47 Å². The molecule has 0 saturated carbocycles. The zero-order valence-corrected chi connectivity index (χ0v) is 14.9. The Morgan fingerprint density at radius 2 is 1.16 bits per heavy atom. The lowest BCUT2D eigenvalue weighted by atomic mass is 10.3. The Kier molecular flexibility index (Phi) is 5.27. The van der Waals surface area contributed by atoms with Crippen molar-refractivity contribution >= 4 is 24.1 Å². The molecule has 0 radical (unpaired) electrons. The fraction of sp³-hybridized carbons (Fsp3) is 0.133. The number of rotatable bonds is 4. The second-order valence-corrected chi connectivity index (χ2v) is 8.60. The van der Waals surface area contributed by atoms with Gasteiger partial charge in [-0.3, -0.25) is 0 Å². The molecule has 0 N–H and O–H groups in total. The normalized spacial score (nSPS) is 11.4. The number of benzene rings is 2. The molecule has 0 bridgehead atoms. The summed E-state index contributed by atoms with van der Waals surface area (Å²) >= 11 is 0. The number of sulfone groups is 2. The number of nitrogens with zero attached hydrogens (tertiary/aromatic N) is 2. The summed E-state index contributed by atoms with van der Waals surface area (Å²) in [5.41, 5.74) is 9.20. The number of para-hydroxylation sites is 2. The van der Waals surface area contributed by atoms with Crippen molar-refractivity contribution in [2.75, 3.05) is 14.2 Å². The predicted molar refractivity (Wildman–Crippen MR) is 89.0 cm³/mol. The van der Waals surface area contributed by atoms with Crippen LogP contribution in [0, 0.1) is 0 Å². The highest BCUT2D eigenvalue weighted by Gasteiger charge is 2.46. The Morgan fingerprint density at radius 1 is 0.800 bits per heavy atom. The quantitative estimate of drug-likeness (QED) is 0.342. The average molecular weight is 382 g/mol. The maximum Gasteiger partial charge on any atom is 0.504 e. The second kappa shape index (κ2) is 7.06. The molecular weight excluding hydrogens is 368 g/mol. The van der Waals surface area contributed by atoms with Gasteiger partial charge in [-0.2, -0.15) is 0 Å². The van der Waals surface area contributed by atoms with Crippen molar-refractivity contribution in [3.63, 3.8) is 0 Å². The van der Waals surface area contributed by atoms with Gasteiger partial charge in [-0.25, -0.2) is 16.8 Å². The molecule has 25 heavy (non-hydrogen) atoms. The van der Waals surface area contributed by atoms with E-state index in [1.54, 1.807) is 0 Å². The lowest BCUT2D eigenvalue weighted by Crippen LogP contribution is -2.27. The van der Waals surface area contributed by atoms with E-state index in [1.165, 1.54) is 50.6 Å². The number of hydrogen-bond donors (Lipinski definition) is 0. The zero-order valence-electron chi connectivity index (χ0n) is 13.3. The molecule has 2 aromatic rings. The predicted octanol–water partition coefficient (Wildman–Crippen LogP) is 1.54. The van der Waals surface area contributed by atoms with E-state index in [0.29, 0.717) is 0 Å². The third-order valence-electron chi connectivity index (χ3n) is 3.26. The van der Waals surface area contributed by atoms with E-state index in [0.717, 1.165) is 12.1 Å². The number of methoxy groups -OCH3 is 2. The van der Waals surface area contributed by atoms with Crippen LogP contribution in [0.15, 0.2) is 58.3 Å². The molecule has 132 valence electrons. The molecule has 0 aliphatic carbocycles. The van der Waals surface area contributed by atoms with Gasteiger partial charge in [-0.15, -0.1) is 4.79 Å². The van der Waals surface area contributed by atoms with E-state index in [9.17, 15) is 22.4 Å². The average Bonchev–Trinajstić information content (AvgIpc) is 2.61. The first kappa shape index (κ1) is 18.7. The summed E-state index contributed by atoms with van der Waals surface area (Å²) in [6.45, 7) is 0. The molecule has 0 aromatic heterocycles. The van der Waals surface area contributed by atoms with Crippen molar-refractivity contribution in [3.05, 3.63) is 54.1 Å². The minimum atomic E-state index is -4.69. The fourth-order valence-corrected chi connectivity index (χ4v) is 5.75. The first-order chi connectivity index (χ1) is 11.8. The monoisotopic (exact) mass is 382 g/mol. The van der Waals surface area contributed by atoms with Gasteiger partial charge in [0, 0.05) is 0 Å². The van der Waals surface area contributed by atoms with E-state index in [-0.39, 0.29) is 11.5 Å². The molecule has 0 fully saturated rings. The van der Waals surface area contributed by atoms with Crippen LogP contribution in [-0.4, -0.2) is 40.2 Å². The van der Waals surface area contributed by atoms with Crippen molar-refractivity contribution < 1.29 is 31.1 Å². The van der Waals surface area contributed by atoms with Gasteiger partial charge in [0.25, 0.3) is 19.7 Å². The summed E-state index contributed by atoms with van der Waals surface area (Å²) in [5.74, 6) is -0.169. The lowest BCUT2D eigenvalue weighted by molar-refractivity contribution is 0.00378. The van der Waals surface area contributed by atoms with Gasteiger partial charge in [0.2, 0.25) is 0 Å². The third-order valence-corrected chi connectivity index (χ3v) is 7.49. The van der Waals surface area contributed by atoms with Crippen molar-refractivity contribution in [2.24, 2.45) is 0 Å². The molecule has 8 nitrogen and oxygen atoms in total. The van der Waals surface area contributed by atoms with Gasteiger partial charge < -0.3 is 15.0 Å². The highest BCUT2D eigenvalue weighted by atomic mass is 32.3. The van der Waals surface area contributed by atoms with Crippen LogP contribution < -0.4 is 9.47 Å². The summed E-state index contributed by atoms with van der Waals surface area (Å²) in [6.07, 6.45) is 0. The summed E-state index contributed by atoms with van der Waals surface area (Å²) in [4.78, 5) is 1.68. The molecule has 0 aliphatic heterocycles. The Morgan fingerprint density at radius 3 is 1.48 bits per heavy atom. The maximum absolute atomic E-state index is 12.8. The standard InChI is InChI=1S/C15H14N2O6S2/c1-22-11-7-3-5-9-13(11)24(18,19)15(17-16)25(20,21)14-10-6-4-8-12(14)23-2/h3-10H,1-2H3. The topological polar surface area (TPSA) is 123 Å². The summed E-state index contributed by atoms with van der Waals surface area (Å²) in [7, 11) is -6.92.